The van der Waals surface area contributed by atoms with Crippen molar-refractivity contribution in [3.63, 3.8) is 0 Å². The number of rotatable bonds is 5. The van der Waals surface area contributed by atoms with Gasteiger partial charge in [0, 0.05) is 12.6 Å². The summed E-state index contributed by atoms with van der Waals surface area (Å²) >= 11 is 0. The summed E-state index contributed by atoms with van der Waals surface area (Å²) in [4.78, 5) is 11.9. The molecule has 1 aliphatic rings. The lowest BCUT2D eigenvalue weighted by Crippen LogP contribution is -2.38. The normalized spacial score (nSPS) is 16.1. The van der Waals surface area contributed by atoms with Gasteiger partial charge in [0.15, 0.2) is 0 Å². The Morgan fingerprint density at radius 2 is 2.33 bits per heavy atom. The molecule has 1 aliphatic carbocycles. The van der Waals surface area contributed by atoms with Gasteiger partial charge >= 0.3 is 0 Å². The predicted molar refractivity (Wildman–Crippen MR) is 67.7 cm³/mol. The topological polar surface area (TPSA) is 84.6 Å². The molecule has 1 unspecified atom stereocenters. The molecule has 4 N–H and O–H groups in total. The van der Waals surface area contributed by atoms with E-state index in [0.717, 1.165) is 12.8 Å². The molecule has 0 spiro atoms. The van der Waals surface area contributed by atoms with Gasteiger partial charge in [-0.1, -0.05) is 0 Å². The van der Waals surface area contributed by atoms with Crippen LogP contribution in [-0.2, 0) is 0 Å². The van der Waals surface area contributed by atoms with E-state index in [-0.39, 0.29) is 23.3 Å². The van der Waals surface area contributed by atoms with E-state index in [4.69, 9.17) is 10.5 Å². The maximum absolute atomic E-state index is 11.9. The summed E-state index contributed by atoms with van der Waals surface area (Å²) in [7, 11) is 1.51. The molecular weight excluding hydrogens is 232 g/mol. The standard InChI is InChI=1S/C13H18N2O3/c1-18-9-4-5-12(16)10(6-9)13(17)15-7-11(14)8-2-3-8/h4-6,8,11,16H,2-3,7,14H2,1H3,(H,15,17). The van der Waals surface area contributed by atoms with Crippen molar-refractivity contribution in [1.82, 2.24) is 5.32 Å². The van der Waals surface area contributed by atoms with Crippen molar-refractivity contribution >= 4 is 5.91 Å². The van der Waals surface area contributed by atoms with Crippen molar-refractivity contribution < 1.29 is 14.6 Å². The molecule has 5 nitrogen and oxygen atoms in total. The zero-order chi connectivity index (χ0) is 13.1. The molecule has 1 atom stereocenters. The van der Waals surface area contributed by atoms with Gasteiger partial charge in [0.05, 0.1) is 12.7 Å². The Hall–Kier alpha value is -1.75. The van der Waals surface area contributed by atoms with Crippen molar-refractivity contribution in [2.45, 2.75) is 18.9 Å². The van der Waals surface area contributed by atoms with E-state index < -0.39 is 0 Å². The third kappa shape index (κ3) is 2.92. The minimum atomic E-state index is -0.331. The molecular formula is C13H18N2O3. The monoisotopic (exact) mass is 250 g/mol. The van der Waals surface area contributed by atoms with E-state index in [1.807, 2.05) is 0 Å². The van der Waals surface area contributed by atoms with Gasteiger partial charge in [-0.3, -0.25) is 4.79 Å². The molecule has 5 heteroatoms. The van der Waals surface area contributed by atoms with Crippen molar-refractivity contribution in [2.75, 3.05) is 13.7 Å². The lowest BCUT2D eigenvalue weighted by molar-refractivity contribution is 0.0947. The predicted octanol–water partition coefficient (Wildman–Crippen LogP) is 0.868. The first-order chi connectivity index (χ1) is 8.61. The van der Waals surface area contributed by atoms with Gasteiger partial charge in [0.25, 0.3) is 5.91 Å². The largest absolute Gasteiger partial charge is 0.507 e. The maximum atomic E-state index is 11.9. The lowest BCUT2D eigenvalue weighted by Gasteiger charge is -2.12. The first-order valence-electron chi connectivity index (χ1n) is 6.02. The number of carbonyl (C=O) groups is 1. The van der Waals surface area contributed by atoms with Crippen LogP contribution >= 0.6 is 0 Å². The molecule has 0 bridgehead atoms. The summed E-state index contributed by atoms with van der Waals surface area (Å²) < 4.78 is 5.02. The summed E-state index contributed by atoms with van der Waals surface area (Å²) in [5.74, 6) is 0.671. The van der Waals surface area contributed by atoms with Crippen LogP contribution in [0.3, 0.4) is 0 Å². The Balaban J connectivity index is 1.98. The number of aromatic hydroxyl groups is 1. The van der Waals surface area contributed by atoms with Crippen LogP contribution < -0.4 is 15.8 Å². The Kier molecular flexibility index (Phi) is 3.72. The molecule has 18 heavy (non-hydrogen) atoms. The molecule has 0 aromatic heterocycles. The van der Waals surface area contributed by atoms with Crippen LogP contribution in [0.25, 0.3) is 0 Å². The average molecular weight is 250 g/mol. The van der Waals surface area contributed by atoms with Gasteiger partial charge in [-0.15, -0.1) is 0 Å². The minimum Gasteiger partial charge on any atom is -0.507 e. The molecule has 0 heterocycles. The summed E-state index contributed by atoms with van der Waals surface area (Å²) in [6, 6.07) is 4.55. The fourth-order valence-corrected chi connectivity index (χ4v) is 1.82. The van der Waals surface area contributed by atoms with E-state index in [1.165, 1.54) is 19.2 Å². The van der Waals surface area contributed by atoms with Crippen LogP contribution in [0.2, 0.25) is 0 Å². The van der Waals surface area contributed by atoms with E-state index in [9.17, 15) is 9.90 Å². The van der Waals surface area contributed by atoms with Gasteiger partial charge in [-0.25, -0.2) is 0 Å². The quantitative estimate of drug-likeness (QED) is 0.724. The molecule has 1 aromatic carbocycles. The van der Waals surface area contributed by atoms with E-state index >= 15 is 0 Å². The summed E-state index contributed by atoms with van der Waals surface area (Å²) in [5.41, 5.74) is 6.10. The number of amides is 1. The Morgan fingerprint density at radius 1 is 1.61 bits per heavy atom. The van der Waals surface area contributed by atoms with Gasteiger partial charge < -0.3 is 20.9 Å². The Labute approximate surface area is 106 Å². The van der Waals surface area contributed by atoms with Gasteiger partial charge in [0.1, 0.15) is 11.5 Å². The van der Waals surface area contributed by atoms with Crippen LogP contribution in [-0.4, -0.2) is 30.7 Å². The molecule has 2 rings (SSSR count). The molecule has 1 fully saturated rings. The van der Waals surface area contributed by atoms with Gasteiger partial charge in [-0.2, -0.15) is 0 Å². The number of hydrogen-bond donors (Lipinski definition) is 3. The van der Waals surface area contributed by atoms with E-state index in [0.29, 0.717) is 18.2 Å². The number of nitrogens with two attached hydrogens (primary N) is 1. The van der Waals surface area contributed by atoms with E-state index in [2.05, 4.69) is 5.32 Å². The number of benzene rings is 1. The molecule has 0 radical (unpaired) electrons. The molecule has 0 aliphatic heterocycles. The SMILES string of the molecule is COc1ccc(O)c(C(=O)NCC(N)C2CC2)c1. The van der Waals surface area contributed by atoms with Crippen molar-refractivity contribution in [1.29, 1.82) is 0 Å². The minimum absolute atomic E-state index is 0.00157. The highest BCUT2D eigenvalue weighted by Crippen LogP contribution is 2.31. The van der Waals surface area contributed by atoms with Crippen LogP contribution in [0.1, 0.15) is 23.2 Å². The molecule has 1 amide bonds. The zero-order valence-electron chi connectivity index (χ0n) is 10.3. The van der Waals surface area contributed by atoms with Crippen LogP contribution in [0, 0.1) is 5.92 Å². The number of phenols is 1. The highest BCUT2D eigenvalue weighted by Gasteiger charge is 2.28. The first-order valence-corrected chi connectivity index (χ1v) is 6.02. The first kappa shape index (κ1) is 12.7. The number of hydrogen-bond acceptors (Lipinski definition) is 4. The van der Waals surface area contributed by atoms with Crippen LogP contribution in [0.5, 0.6) is 11.5 Å². The molecule has 98 valence electrons. The van der Waals surface area contributed by atoms with Crippen molar-refractivity contribution in [3.05, 3.63) is 23.8 Å². The average Bonchev–Trinajstić information content (AvgIpc) is 3.20. The second-order valence-corrected chi connectivity index (χ2v) is 4.59. The number of phenolic OH excluding ortho intramolecular Hbond substituents is 1. The molecule has 1 saturated carbocycles. The highest BCUT2D eigenvalue weighted by atomic mass is 16.5. The number of nitrogens with one attached hydrogen (secondary N) is 1. The van der Waals surface area contributed by atoms with Gasteiger partial charge in [-0.05, 0) is 37.0 Å². The fourth-order valence-electron chi connectivity index (χ4n) is 1.82. The smallest absolute Gasteiger partial charge is 0.255 e. The molecule has 0 saturated heterocycles. The number of carbonyl (C=O) groups excluding carboxylic acids is 1. The third-order valence-electron chi connectivity index (χ3n) is 3.17. The third-order valence-corrected chi connectivity index (χ3v) is 3.17. The zero-order valence-corrected chi connectivity index (χ0v) is 10.3. The Morgan fingerprint density at radius 3 is 2.94 bits per heavy atom. The van der Waals surface area contributed by atoms with Crippen molar-refractivity contribution in [3.8, 4) is 11.5 Å². The second-order valence-electron chi connectivity index (χ2n) is 4.59. The molecule has 1 aromatic rings. The second kappa shape index (κ2) is 5.27. The maximum Gasteiger partial charge on any atom is 0.255 e. The lowest BCUT2D eigenvalue weighted by atomic mass is 10.1. The van der Waals surface area contributed by atoms with Crippen LogP contribution in [0.15, 0.2) is 18.2 Å². The Bertz CT molecular complexity index is 444. The number of ether oxygens (including phenoxy) is 1. The van der Waals surface area contributed by atoms with Gasteiger partial charge in [0.2, 0.25) is 0 Å². The summed E-state index contributed by atoms with van der Waals surface area (Å²) in [6.45, 7) is 0.431. The fraction of sp³-hybridized carbons (Fsp3) is 0.462. The summed E-state index contributed by atoms with van der Waals surface area (Å²) in [6.07, 6.45) is 2.28. The van der Waals surface area contributed by atoms with Crippen molar-refractivity contribution in [2.24, 2.45) is 11.7 Å². The highest BCUT2D eigenvalue weighted by molar-refractivity contribution is 5.97. The number of methoxy groups -OCH3 is 1. The van der Waals surface area contributed by atoms with E-state index in [1.54, 1.807) is 6.07 Å². The summed E-state index contributed by atoms with van der Waals surface area (Å²) in [5, 5.41) is 12.4. The van der Waals surface area contributed by atoms with Crippen LogP contribution in [0.4, 0.5) is 0 Å².